The molecule has 0 nitrogen and oxygen atoms in total. The second kappa shape index (κ2) is 11.2. The highest BCUT2D eigenvalue weighted by Gasteiger charge is 2.12. The molecule has 0 bridgehead atoms. The minimum atomic E-state index is -0.355. The molecule has 6 rings (SSSR count). The Kier molecular flexibility index (Phi) is 7.26. The van der Waals surface area contributed by atoms with Crippen molar-refractivity contribution in [2.75, 3.05) is 0 Å². The number of rotatable bonds is 5. The fourth-order valence-corrected chi connectivity index (χ4v) is 5.57. The molecule has 0 atom stereocenters. The summed E-state index contributed by atoms with van der Waals surface area (Å²) in [6, 6.07) is 36.5. The average Bonchev–Trinajstić information content (AvgIpc) is 2.96. The molecule has 0 aliphatic rings. The van der Waals surface area contributed by atoms with Crippen LogP contribution in [0, 0.1) is 38.2 Å². The van der Waals surface area contributed by atoms with Crippen LogP contribution in [0.3, 0.4) is 0 Å². The number of hydrogen-bond donors (Lipinski definition) is 0. The molecule has 0 saturated carbocycles. The van der Waals surface area contributed by atoms with Gasteiger partial charge in [0, 0.05) is 0 Å². The van der Waals surface area contributed by atoms with E-state index in [0.717, 1.165) is 72.3 Å². The highest BCUT2D eigenvalue weighted by molar-refractivity contribution is 5.81. The van der Waals surface area contributed by atoms with Crippen molar-refractivity contribution in [2.24, 2.45) is 0 Å². The molecule has 0 saturated heterocycles. The van der Waals surface area contributed by atoms with Crippen LogP contribution < -0.4 is 0 Å². The van der Waals surface area contributed by atoms with Crippen molar-refractivity contribution in [3.8, 4) is 55.6 Å². The van der Waals surface area contributed by atoms with Gasteiger partial charge in [0.05, 0.1) is 0 Å². The van der Waals surface area contributed by atoms with Gasteiger partial charge in [0.15, 0.2) is 0 Å². The molecule has 0 amide bonds. The fraction of sp³-hybridized carbons (Fsp3) is 0.0769. The molecular weight excluding hydrogens is 525 g/mol. The second-order valence-corrected chi connectivity index (χ2v) is 11.0. The molecule has 0 N–H and O–H groups in total. The van der Waals surface area contributed by atoms with Crippen LogP contribution in [0.4, 0.5) is 13.2 Å². The van der Waals surface area contributed by atoms with E-state index in [4.69, 9.17) is 0 Å². The van der Waals surface area contributed by atoms with Crippen molar-refractivity contribution < 1.29 is 13.2 Å². The van der Waals surface area contributed by atoms with E-state index in [2.05, 4.69) is 0 Å². The zero-order chi connectivity index (χ0) is 29.4. The van der Waals surface area contributed by atoms with Crippen LogP contribution in [0.1, 0.15) is 16.7 Å². The first-order valence-corrected chi connectivity index (χ1v) is 13.9. The molecule has 0 aromatic heterocycles. The van der Waals surface area contributed by atoms with E-state index < -0.39 is 0 Å². The molecule has 0 unspecified atom stereocenters. The van der Waals surface area contributed by atoms with Crippen LogP contribution in [0.2, 0.25) is 0 Å². The molecule has 6 aromatic carbocycles. The summed E-state index contributed by atoms with van der Waals surface area (Å²) in [5, 5.41) is 0. The van der Waals surface area contributed by atoms with Crippen LogP contribution in [0.25, 0.3) is 55.6 Å². The summed E-state index contributed by atoms with van der Waals surface area (Å²) < 4.78 is 43.9. The van der Waals surface area contributed by atoms with Crippen molar-refractivity contribution >= 4 is 0 Å². The number of benzene rings is 6. The Morgan fingerprint density at radius 2 is 0.595 bits per heavy atom. The lowest BCUT2D eigenvalue weighted by molar-refractivity contribution is 0.628. The average molecular weight is 555 g/mol. The molecule has 42 heavy (non-hydrogen) atoms. The molecule has 0 heterocycles. The van der Waals surface area contributed by atoms with Crippen molar-refractivity contribution in [2.45, 2.75) is 20.8 Å². The van der Waals surface area contributed by atoms with E-state index in [1.54, 1.807) is 12.1 Å². The lowest BCUT2D eigenvalue weighted by Crippen LogP contribution is -1.90. The largest absolute Gasteiger partial charge is 0.207 e. The third kappa shape index (κ3) is 5.91. The number of halogens is 3. The molecule has 0 fully saturated rings. The van der Waals surface area contributed by atoms with Gasteiger partial charge < -0.3 is 0 Å². The summed E-state index contributed by atoms with van der Waals surface area (Å²) in [5.41, 5.74) is 11.2. The quantitative estimate of drug-likeness (QED) is 0.199. The Morgan fingerprint density at radius 3 is 1.02 bits per heavy atom. The smallest absolute Gasteiger partial charge is 0.124 e. The highest BCUT2D eigenvalue weighted by Crippen LogP contribution is 2.35. The van der Waals surface area contributed by atoms with Crippen LogP contribution in [0.15, 0.2) is 121 Å². The first kappa shape index (κ1) is 27.3. The third-order valence-corrected chi connectivity index (χ3v) is 7.46. The van der Waals surface area contributed by atoms with Gasteiger partial charge in [-0.1, -0.05) is 66.2 Å². The SMILES string of the molecule is Cc1cccc(-c2cc(F)cc(-c3cc(C)cc(-c4cc(F)cc(-c5cc(C)cc(-c6cccc(F)c6)c5)c4)c3)c2)c1. The van der Waals surface area contributed by atoms with Gasteiger partial charge in [-0.2, -0.15) is 0 Å². The molecule has 3 heteroatoms. The van der Waals surface area contributed by atoms with Crippen LogP contribution >= 0.6 is 0 Å². The predicted molar refractivity (Wildman–Crippen MR) is 168 cm³/mol. The van der Waals surface area contributed by atoms with Gasteiger partial charge in [0.1, 0.15) is 17.5 Å². The Bertz CT molecular complexity index is 1810. The summed E-state index contributed by atoms with van der Waals surface area (Å²) >= 11 is 0. The molecule has 0 aliphatic carbocycles. The van der Waals surface area contributed by atoms with Crippen LogP contribution in [0.5, 0.6) is 0 Å². The molecular formula is C39H29F3. The Hall–Kier alpha value is -4.89. The second-order valence-electron chi connectivity index (χ2n) is 11.0. The van der Waals surface area contributed by atoms with Gasteiger partial charge in [0.2, 0.25) is 0 Å². The van der Waals surface area contributed by atoms with Gasteiger partial charge in [-0.15, -0.1) is 0 Å². The third-order valence-electron chi connectivity index (χ3n) is 7.46. The van der Waals surface area contributed by atoms with Crippen LogP contribution in [-0.2, 0) is 0 Å². The molecule has 0 radical (unpaired) electrons. The summed E-state index contributed by atoms with van der Waals surface area (Å²) in [6.07, 6.45) is 0. The topological polar surface area (TPSA) is 0 Å². The van der Waals surface area contributed by atoms with Crippen molar-refractivity contribution in [1.29, 1.82) is 0 Å². The standard InChI is InChI=1S/C39H29F3/c1-24-6-4-7-27(10-24)33-17-34(21-38(41)20-33)31-13-26(3)14-32(16-31)36-18-35(22-39(42)23-36)30-12-25(2)11-29(15-30)28-8-5-9-37(40)19-28/h4-23H,1-3H3. The first-order chi connectivity index (χ1) is 20.2. The van der Waals surface area contributed by atoms with E-state index in [1.165, 1.54) is 30.3 Å². The summed E-state index contributed by atoms with van der Waals surface area (Å²) in [4.78, 5) is 0. The van der Waals surface area contributed by atoms with E-state index in [9.17, 15) is 8.78 Å². The van der Waals surface area contributed by atoms with Gasteiger partial charge in [-0.05, 0) is 148 Å². The van der Waals surface area contributed by atoms with Gasteiger partial charge in [-0.3, -0.25) is 0 Å². The van der Waals surface area contributed by atoms with Gasteiger partial charge in [0.25, 0.3) is 0 Å². The maximum Gasteiger partial charge on any atom is 0.124 e. The highest BCUT2D eigenvalue weighted by atomic mass is 19.1. The summed E-state index contributed by atoms with van der Waals surface area (Å²) in [5.74, 6) is -0.969. The van der Waals surface area contributed by atoms with E-state index in [-0.39, 0.29) is 17.5 Å². The minimum absolute atomic E-state index is 0.303. The van der Waals surface area contributed by atoms with E-state index in [0.29, 0.717) is 0 Å². The zero-order valence-electron chi connectivity index (χ0n) is 23.7. The first-order valence-electron chi connectivity index (χ1n) is 13.9. The fourth-order valence-electron chi connectivity index (χ4n) is 5.57. The summed E-state index contributed by atoms with van der Waals surface area (Å²) in [6.45, 7) is 5.98. The normalized spacial score (nSPS) is 11.1. The zero-order valence-corrected chi connectivity index (χ0v) is 23.7. The van der Waals surface area contributed by atoms with E-state index >= 15 is 4.39 Å². The van der Waals surface area contributed by atoms with E-state index in [1.807, 2.05) is 99.6 Å². The van der Waals surface area contributed by atoms with Gasteiger partial charge in [-0.25, -0.2) is 13.2 Å². The number of hydrogen-bond acceptors (Lipinski definition) is 0. The van der Waals surface area contributed by atoms with Gasteiger partial charge >= 0.3 is 0 Å². The maximum absolute atomic E-state index is 15.1. The molecule has 0 aliphatic heterocycles. The van der Waals surface area contributed by atoms with Crippen molar-refractivity contribution in [3.63, 3.8) is 0 Å². The lowest BCUT2D eigenvalue weighted by Gasteiger charge is -2.13. The van der Waals surface area contributed by atoms with Crippen molar-refractivity contribution in [1.82, 2.24) is 0 Å². The Morgan fingerprint density at radius 1 is 0.286 bits per heavy atom. The maximum atomic E-state index is 15.1. The minimum Gasteiger partial charge on any atom is -0.207 e. The predicted octanol–water partition coefficient (Wildman–Crippen LogP) is 11.4. The van der Waals surface area contributed by atoms with Crippen LogP contribution in [-0.4, -0.2) is 0 Å². The Balaban J connectivity index is 1.42. The monoisotopic (exact) mass is 554 g/mol. The molecule has 6 aromatic rings. The molecule has 206 valence electrons. The Labute approximate surface area is 244 Å². The molecule has 0 spiro atoms. The van der Waals surface area contributed by atoms with Crippen molar-refractivity contribution in [3.05, 3.63) is 155 Å². The summed E-state index contributed by atoms with van der Waals surface area (Å²) in [7, 11) is 0. The lowest BCUT2D eigenvalue weighted by atomic mass is 9.92. The number of aryl methyl sites for hydroxylation is 3.